The Hall–Kier alpha value is -1.44. The molecule has 0 aromatic carbocycles. The van der Waals surface area contributed by atoms with Crippen molar-refractivity contribution >= 4 is 0 Å². The monoisotopic (exact) mass is 188 g/mol. The number of piperazine rings is 1. The fourth-order valence-electron chi connectivity index (χ4n) is 1.64. The van der Waals surface area contributed by atoms with E-state index in [1.54, 1.807) is 18.3 Å². The van der Waals surface area contributed by atoms with Crippen LogP contribution in [0.5, 0.6) is 0 Å². The molecule has 4 heteroatoms. The van der Waals surface area contributed by atoms with Crippen LogP contribution in [0.3, 0.4) is 0 Å². The zero-order valence-corrected chi connectivity index (χ0v) is 7.83. The molecule has 2 heterocycles. The Morgan fingerprint density at radius 1 is 1.50 bits per heavy atom. The Labute approximate surface area is 83.0 Å². The first-order valence-electron chi connectivity index (χ1n) is 4.71. The molecule has 0 spiro atoms. The number of hydrogen-bond donors (Lipinski definition) is 2. The van der Waals surface area contributed by atoms with Gasteiger partial charge in [-0.1, -0.05) is 0 Å². The van der Waals surface area contributed by atoms with Crippen molar-refractivity contribution in [3.05, 3.63) is 29.6 Å². The third kappa shape index (κ3) is 1.74. The summed E-state index contributed by atoms with van der Waals surface area (Å²) in [5.41, 5.74) is 1.51. The fraction of sp³-hybridized carbons (Fsp3) is 0.400. The van der Waals surface area contributed by atoms with Crippen LogP contribution in [0.15, 0.2) is 18.3 Å². The first-order chi connectivity index (χ1) is 6.92. The van der Waals surface area contributed by atoms with Crippen LogP contribution < -0.4 is 10.6 Å². The van der Waals surface area contributed by atoms with E-state index in [9.17, 15) is 0 Å². The molecule has 1 unspecified atom stereocenters. The summed E-state index contributed by atoms with van der Waals surface area (Å²) in [6, 6.07) is 5.92. The highest BCUT2D eigenvalue weighted by atomic mass is 15.1. The maximum absolute atomic E-state index is 8.91. The molecule has 1 saturated heterocycles. The predicted molar refractivity (Wildman–Crippen MR) is 52.6 cm³/mol. The van der Waals surface area contributed by atoms with Gasteiger partial charge in [0.1, 0.15) is 6.07 Å². The van der Waals surface area contributed by atoms with Crippen LogP contribution in [0.4, 0.5) is 0 Å². The molecule has 1 aromatic heterocycles. The lowest BCUT2D eigenvalue weighted by Gasteiger charge is -2.24. The normalized spacial score (nSPS) is 21.5. The summed E-state index contributed by atoms with van der Waals surface area (Å²) < 4.78 is 0. The van der Waals surface area contributed by atoms with E-state index < -0.39 is 0 Å². The lowest BCUT2D eigenvalue weighted by molar-refractivity contribution is 0.422. The first kappa shape index (κ1) is 9.13. The quantitative estimate of drug-likeness (QED) is 0.660. The first-order valence-corrected chi connectivity index (χ1v) is 4.71. The predicted octanol–water partition coefficient (Wildman–Crippen LogP) is 0.187. The van der Waals surface area contributed by atoms with Gasteiger partial charge in [0.2, 0.25) is 0 Å². The maximum Gasteiger partial charge on any atom is 0.101 e. The van der Waals surface area contributed by atoms with Crippen LogP contribution >= 0.6 is 0 Å². The van der Waals surface area contributed by atoms with E-state index in [4.69, 9.17) is 5.26 Å². The summed E-state index contributed by atoms with van der Waals surface area (Å²) in [5.74, 6) is 0. The van der Waals surface area contributed by atoms with E-state index in [0.717, 1.165) is 25.3 Å². The second-order valence-electron chi connectivity index (χ2n) is 3.26. The molecule has 0 aliphatic carbocycles. The molecule has 0 radical (unpaired) electrons. The molecule has 14 heavy (non-hydrogen) atoms. The second-order valence-corrected chi connectivity index (χ2v) is 3.26. The summed E-state index contributed by atoms with van der Waals surface area (Å²) in [7, 11) is 0. The van der Waals surface area contributed by atoms with E-state index >= 15 is 0 Å². The molecule has 1 fully saturated rings. The summed E-state index contributed by atoms with van der Waals surface area (Å²) in [6.45, 7) is 2.74. The number of aromatic nitrogens is 1. The van der Waals surface area contributed by atoms with Crippen LogP contribution in [-0.4, -0.2) is 24.6 Å². The summed E-state index contributed by atoms with van der Waals surface area (Å²) in [5, 5.41) is 15.5. The fourth-order valence-corrected chi connectivity index (χ4v) is 1.64. The lowest BCUT2D eigenvalue weighted by Crippen LogP contribution is -2.43. The number of nitriles is 1. The molecule has 72 valence electrons. The van der Waals surface area contributed by atoms with Gasteiger partial charge in [-0.15, -0.1) is 0 Å². The van der Waals surface area contributed by atoms with Crippen LogP contribution in [0.25, 0.3) is 0 Å². The van der Waals surface area contributed by atoms with Gasteiger partial charge >= 0.3 is 0 Å². The number of nitrogens with one attached hydrogen (secondary N) is 2. The number of hydrogen-bond acceptors (Lipinski definition) is 4. The van der Waals surface area contributed by atoms with E-state index in [0.29, 0.717) is 5.56 Å². The Kier molecular flexibility index (Phi) is 2.73. The van der Waals surface area contributed by atoms with E-state index in [1.807, 2.05) is 0 Å². The molecule has 4 nitrogen and oxygen atoms in total. The van der Waals surface area contributed by atoms with E-state index in [2.05, 4.69) is 21.7 Å². The molecule has 0 bridgehead atoms. The van der Waals surface area contributed by atoms with Crippen molar-refractivity contribution in [3.8, 4) is 6.07 Å². The van der Waals surface area contributed by atoms with Gasteiger partial charge in [0.15, 0.2) is 0 Å². The summed E-state index contributed by atoms with van der Waals surface area (Å²) in [6.07, 6.45) is 1.73. The minimum Gasteiger partial charge on any atom is -0.314 e. The van der Waals surface area contributed by atoms with Gasteiger partial charge in [-0.2, -0.15) is 5.26 Å². The van der Waals surface area contributed by atoms with Crippen molar-refractivity contribution in [1.82, 2.24) is 15.6 Å². The maximum atomic E-state index is 8.91. The zero-order valence-electron chi connectivity index (χ0n) is 7.83. The molecular formula is C10H12N4. The SMILES string of the molecule is N#Cc1cccnc1C1CNCCN1. The van der Waals surface area contributed by atoms with Crippen LogP contribution in [0, 0.1) is 11.3 Å². The smallest absolute Gasteiger partial charge is 0.101 e. The molecule has 1 aliphatic heterocycles. The Bertz CT molecular complexity index is 349. The third-order valence-electron chi connectivity index (χ3n) is 2.33. The van der Waals surface area contributed by atoms with Gasteiger partial charge in [0.05, 0.1) is 17.3 Å². The highest BCUT2D eigenvalue weighted by Crippen LogP contribution is 2.14. The highest BCUT2D eigenvalue weighted by molar-refractivity contribution is 5.34. The molecule has 0 amide bonds. The minimum absolute atomic E-state index is 0.166. The number of pyridine rings is 1. The second kappa shape index (κ2) is 4.18. The summed E-state index contributed by atoms with van der Waals surface area (Å²) >= 11 is 0. The Morgan fingerprint density at radius 3 is 3.14 bits per heavy atom. The molecule has 2 N–H and O–H groups in total. The van der Waals surface area contributed by atoms with Crippen LogP contribution in [0.1, 0.15) is 17.3 Å². The molecule has 1 atom stereocenters. The van der Waals surface area contributed by atoms with Crippen molar-refractivity contribution in [2.75, 3.05) is 19.6 Å². The van der Waals surface area contributed by atoms with Crippen molar-refractivity contribution in [1.29, 1.82) is 5.26 Å². The van der Waals surface area contributed by atoms with Gasteiger partial charge in [-0.25, -0.2) is 0 Å². The average Bonchev–Trinajstić information content (AvgIpc) is 2.30. The molecular weight excluding hydrogens is 176 g/mol. The Balaban J connectivity index is 2.26. The van der Waals surface area contributed by atoms with Gasteiger partial charge in [0.25, 0.3) is 0 Å². The topological polar surface area (TPSA) is 60.7 Å². The molecule has 0 saturated carbocycles. The third-order valence-corrected chi connectivity index (χ3v) is 2.33. The van der Waals surface area contributed by atoms with Gasteiger partial charge < -0.3 is 10.6 Å². The average molecular weight is 188 g/mol. The Morgan fingerprint density at radius 2 is 2.43 bits per heavy atom. The van der Waals surface area contributed by atoms with Crippen molar-refractivity contribution < 1.29 is 0 Å². The van der Waals surface area contributed by atoms with Gasteiger partial charge in [-0.05, 0) is 12.1 Å². The molecule has 1 aliphatic rings. The van der Waals surface area contributed by atoms with Crippen LogP contribution in [-0.2, 0) is 0 Å². The van der Waals surface area contributed by atoms with E-state index in [-0.39, 0.29) is 6.04 Å². The highest BCUT2D eigenvalue weighted by Gasteiger charge is 2.18. The van der Waals surface area contributed by atoms with Crippen molar-refractivity contribution in [2.24, 2.45) is 0 Å². The zero-order chi connectivity index (χ0) is 9.80. The number of nitrogens with zero attached hydrogens (tertiary/aromatic N) is 2. The molecule has 1 aromatic rings. The largest absolute Gasteiger partial charge is 0.314 e. The van der Waals surface area contributed by atoms with Crippen molar-refractivity contribution in [2.45, 2.75) is 6.04 Å². The van der Waals surface area contributed by atoms with Crippen LogP contribution in [0.2, 0.25) is 0 Å². The van der Waals surface area contributed by atoms with Crippen molar-refractivity contribution in [3.63, 3.8) is 0 Å². The minimum atomic E-state index is 0.166. The van der Waals surface area contributed by atoms with Gasteiger partial charge in [0, 0.05) is 25.8 Å². The van der Waals surface area contributed by atoms with Gasteiger partial charge in [-0.3, -0.25) is 4.98 Å². The van der Waals surface area contributed by atoms with E-state index in [1.165, 1.54) is 0 Å². The summed E-state index contributed by atoms with van der Waals surface area (Å²) in [4.78, 5) is 4.25. The number of rotatable bonds is 1. The lowest BCUT2D eigenvalue weighted by atomic mass is 10.1. The molecule has 2 rings (SSSR count). The standard InChI is InChI=1S/C10H12N4/c11-6-8-2-1-3-14-10(8)9-7-12-4-5-13-9/h1-3,9,12-13H,4-5,7H2.